The van der Waals surface area contributed by atoms with E-state index in [0.717, 1.165) is 55.1 Å². The molecule has 148 valence electrons. The van der Waals surface area contributed by atoms with Crippen LogP contribution in [0.2, 0.25) is 0 Å². The summed E-state index contributed by atoms with van der Waals surface area (Å²) in [7, 11) is 1.95. The lowest BCUT2D eigenvalue weighted by Gasteiger charge is -2.33. The molecule has 0 radical (unpaired) electrons. The molecule has 1 fully saturated rings. The first-order valence-electron chi connectivity index (χ1n) is 10.0. The first kappa shape index (κ1) is 17.9. The van der Waals surface area contributed by atoms with E-state index in [1.807, 2.05) is 19.2 Å². The lowest BCUT2D eigenvalue weighted by molar-refractivity contribution is 0.435. The predicted octanol–water partition coefficient (Wildman–Crippen LogP) is 3.20. The number of hydrogen-bond acceptors (Lipinski definition) is 7. The molecule has 5 rings (SSSR count). The third-order valence-electron chi connectivity index (χ3n) is 5.60. The van der Waals surface area contributed by atoms with E-state index < -0.39 is 0 Å². The first-order chi connectivity index (χ1) is 14.2. The molecule has 3 aromatic rings. The standard InChI is InChI=1S/C22H24N6O/c1-24-18-8-2-7-16-17(18)11-19-20(16)21(28-10-4-5-14(23)13-28)27-22(26-19)29-15-6-3-9-25-12-15/h2-3,6-9,12,14,24H,4-5,10-11,13,23H2,1H3/t14-/m0/s1. The van der Waals surface area contributed by atoms with Gasteiger partial charge in [-0.15, -0.1) is 0 Å². The van der Waals surface area contributed by atoms with Crippen molar-refractivity contribution in [3.63, 3.8) is 0 Å². The van der Waals surface area contributed by atoms with E-state index >= 15 is 0 Å². The van der Waals surface area contributed by atoms with Crippen LogP contribution in [0.3, 0.4) is 0 Å². The van der Waals surface area contributed by atoms with Gasteiger partial charge in [0.2, 0.25) is 0 Å². The lowest BCUT2D eigenvalue weighted by Crippen LogP contribution is -2.43. The minimum atomic E-state index is 0.154. The second kappa shape index (κ2) is 7.33. The number of nitrogens with one attached hydrogen (secondary N) is 1. The third kappa shape index (κ3) is 3.27. The zero-order valence-corrected chi connectivity index (χ0v) is 16.4. The molecule has 1 aliphatic carbocycles. The number of nitrogens with zero attached hydrogens (tertiary/aromatic N) is 4. The van der Waals surface area contributed by atoms with Crippen LogP contribution in [0.15, 0.2) is 42.7 Å². The van der Waals surface area contributed by atoms with Gasteiger partial charge in [0.25, 0.3) is 0 Å². The fourth-order valence-corrected chi connectivity index (χ4v) is 4.28. The maximum Gasteiger partial charge on any atom is 0.324 e. The topological polar surface area (TPSA) is 89.2 Å². The molecular formula is C22H24N6O. The Bertz CT molecular complexity index is 1040. The molecule has 0 unspecified atom stereocenters. The monoisotopic (exact) mass is 388 g/mol. The number of rotatable bonds is 4. The molecular weight excluding hydrogens is 364 g/mol. The molecule has 7 heteroatoms. The zero-order valence-electron chi connectivity index (χ0n) is 16.4. The summed E-state index contributed by atoms with van der Waals surface area (Å²) in [6.45, 7) is 1.72. The smallest absolute Gasteiger partial charge is 0.324 e. The van der Waals surface area contributed by atoms with E-state index in [-0.39, 0.29) is 6.04 Å². The van der Waals surface area contributed by atoms with Gasteiger partial charge in [0, 0.05) is 50.0 Å². The molecule has 0 amide bonds. The van der Waals surface area contributed by atoms with Gasteiger partial charge in [-0.1, -0.05) is 12.1 Å². The fraction of sp³-hybridized carbons (Fsp3) is 0.318. The van der Waals surface area contributed by atoms with Crippen molar-refractivity contribution in [2.75, 3.05) is 30.4 Å². The largest absolute Gasteiger partial charge is 0.423 e. The zero-order chi connectivity index (χ0) is 19.8. The molecule has 7 nitrogen and oxygen atoms in total. The van der Waals surface area contributed by atoms with Crippen LogP contribution in [0.5, 0.6) is 11.8 Å². The van der Waals surface area contributed by atoms with Crippen molar-refractivity contribution in [2.24, 2.45) is 5.73 Å². The molecule has 3 N–H and O–H groups in total. The summed E-state index contributed by atoms with van der Waals surface area (Å²) in [5.74, 6) is 1.54. The summed E-state index contributed by atoms with van der Waals surface area (Å²) < 4.78 is 5.96. The van der Waals surface area contributed by atoms with Crippen molar-refractivity contribution >= 4 is 11.5 Å². The van der Waals surface area contributed by atoms with Crippen molar-refractivity contribution < 1.29 is 4.74 Å². The van der Waals surface area contributed by atoms with E-state index in [0.29, 0.717) is 11.8 Å². The van der Waals surface area contributed by atoms with Crippen molar-refractivity contribution in [3.8, 4) is 22.9 Å². The van der Waals surface area contributed by atoms with Gasteiger partial charge in [-0.3, -0.25) is 4.98 Å². The Morgan fingerprint density at radius 1 is 1.21 bits per heavy atom. The minimum Gasteiger partial charge on any atom is -0.423 e. The highest BCUT2D eigenvalue weighted by Crippen LogP contribution is 2.45. The van der Waals surface area contributed by atoms with E-state index in [9.17, 15) is 0 Å². The molecule has 0 spiro atoms. The lowest BCUT2D eigenvalue weighted by atomic mass is 10.0. The van der Waals surface area contributed by atoms with Crippen molar-refractivity contribution in [3.05, 3.63) is 54.0 Å². The second-order valence-electron chi connectivity index (χ2n) is 7.55. The van der Waals surface area contributed by atoms with Gasteiger partial charge in [0.1, 0.15) is 11.6 Å². The number of anilines is 2. The molecule has 0 bridgehead atoms. The number of aromatic nitrogens is 3. The van der Waals surface area contributed by atoms with E-state index in [2.05, 4.69) is 33.4 Å². The highest BCUT2D eigenvalue weighted by atomic mass is 16.5. The highest BCUT2D eigenvalue weighted by Gasteiger charge is 2.31. The maximum atomic E-state index is 6.27. The van der Waals surface area contributed by atoms with Crippen LogP contribution in [-0.4, -0.2) is 41.1 Å². The van der Waals surface area contributed by atoms with Gasteiger partial charge in [-0.05, 0) is 42.2 Å². The minimum absolute atomic E-state index is 0.154. The average molecular weight is 388 g/mol. The van der Waals surface area contributed by atoms with Crippen molar-refractivity contribution in [1.82, 2.24) is 15.0 Å². The summed E-state index contributed by atoms with van der Waals surface area (Å²) in [5.41, 5.74) is 11.9. The third-order valence-corrected chi connectivity index (χ3v) is 5.60. The Hall–Kier alpha value is -3.19. The SMILES string of the molecule is CNc1cccc2c1Cc1nc(Oc3cccnc3)nc(N3CCC[C@H](N)C3)c1-2. The molecule has 1 saturated heterocycles. The Kier molecular flexibility index (Phi) is 4.52. The number of nitrogens with two attached hydrogens (primary N) is 1. The van der Waals surface area contributed by atoms with Crippen LogP contribution < -0.4 is 20.7 Å². The number of hydrogen-bond donors (Lipinski definition) is 2. The molecule has 29 heavy (non-hydrogen) atoms. The van der Waals surface area contributed by atoms with Crippen LogP contribution in [0.4, 0.5) is 11.5 Å². The molecule has 2 aliphatic rings. The number of pyridine rings is 1. The second-order valence-corrected chi connectivity index (χ2v) is 7.55. The molecule has 0 saturated carbocycles. The Balaban J connectivity index is 1.62. The van der Waals surface area contributed by atoms with Gasteiger partial charge in [-0.25, -0.2) is 0 Å². The van der Waals surface area contributed by atoms with E-state index in [1.54, 1.807) is 12.4 Å². The first-order valence-corrected chi connectivity index (χ1v) is 10.0. The number of fused-ring (bicyclic) bond motifs is 3. The number of ether oxygens (including phenoxy) is 1. The van der Waals surface area contributed by atoms with Gasteiger partial charge < -0.3 is 20.7 Å². The molecule has 1 aliphatic heterocycles. The Morgan fingerprint density at radius 2 is 2.14 bits per heavy atom. The van der Waals surface area contributed by atoms with Crippen LogP contribution in [0.25, 0.3) is 11.1 Å². The van der Waals surface area contributed by atoms with E-state index in [4.69, 9.17) is 20.4 Å². The quantitative estimate of drug-likeness (QED) is 0.555. The number of benzene rings is 1. The number of piperidine rings is 1. The van der Waals surface area contributed by atoms with Crippen molar-refractivity contribution in [2.45, 2.75) is 25.3 Å². The highest BCUT2D eigenvalue weighted by molar-refractivity contribution is 5.88. The maximum absolute atomic E-state index is 6.27. The summed E-state index contributed by atoms with van der Waals surface area (Å²) in [4.78, 5) is 16.0. The normalized spacial score (nSPS) is 17.6. The van der Waals surface area contributed by atoms with Gasteiger partial charge >= 0.3 is 6.01 Å². The summed E-state index contributed by atoms with van der Waals surface area (Å²) in [6.07, 6.45) is 6.24. The Labute approximate surface area is 170 Å². The molecule has 1 aromatic carbocycles. The predicted molar refractivity (Wildman–Crippen MR) is 114 cm³/mol. The van der Waals surface area contributed by atoms with Gasteiger partial charge in [0.05, 0.1) is 11.9 Å². The van der Waals surface area contributed by atoms with Crippen LogP contribution in [-0.2, 0) is 6.42 Å². The summed E-state index contributed by atoms with van der Waals surface area (Å²) in [6, 6.07) is 10.5. The Morgan fingerprint density at radius 3 is 2.93 bits per heavy atom. The fourth-order valence-electron chi connectivity index (χ4n) is 4.28. The molecule has 1 atom stereocenters. The van der Waals surface area contributed by atoms with E-state index in [1.165, 1.54) is 11.1 Å². The molecule has 3 heterocycles. The summed E-state index contributed by atoms with van der Waals surface area (Å²) >= 11 is 0. The van der Waals surface area contributed by atoms with Crippen LogP contribution in [0, 0.1) is 0 Å². The van der Waals surface area contributed by atoms with Crippen molar-refractivity contribution in [1.29, 1.82) is 0 Å². The summed E-state index contributed by atoms with van der Waals surface area (Å²) in [5, 5.41) is 3.30. The average Bonchev–Trinajstić information content (AvgIpc) is 3.12. The molecule has 2 aromatic heterocycles. The van der Waals surface area contributed by atoms with Gasteiger partial charge in [-0.2, -0.15) is 9.97 Å². The van der Waals surface area contributed by atoms with Gasteiger partial charge in [0.15, 0.2) is 0 Å². The van der Waals surface area contributed by atoms with Crippen LogP contribution in [0.1, 0.15) is 24.1 Å². The van der Waals surface area contributed by atoms with Crippen LogP contribution >= 0.6 is 0 Å².